The monoisotopic (exact) mass is 536 g/mol. The van der Waals surface area contributed by atoms with Gasteiger partial charge in [0.2, 0.25) is 11.7 Å². The lowest BCUT2D eigenvalue weighted by Crippen LogP contribution is -2.39. The molecule has 192 valence electrons. The van der Waals surface area contributed by atoms with Gasteiger partial charge in [0.15, 0.2) is 0 Å². The summed E-state index contributed by atoms with van der Waals surface area (Å²) in [4.78, 5) is 43.8. The van der Waals surface area contributed by atoms with Crippen LogP contribution in [0.1, 0.15) is 47.4 Å². The van der Waals surface area contributed by atoms with E-state index in [1.807, 2.05) is 0 Å². The van der Waals surface area contributed by atoms with Crippen molar-refractivity contribution in [1.29, 1.82) is 0 Å². The Morgan fingerprint density at radius 2 is 2.06 bits per heavy atom. The summed E-state index contributed by atoms with van der Waals surface area (Å²) in [6.07, 6.45) is 3.49. The number of nitrogens with one attached hydrogen (secondary N) is 3. The van der Waals surface area contributed by atoms with Crippen LogP contribution >= 0.6 is 22.9 Å². The smallest absolute Gasteiger partial charge is 0.287 e. The van der Waals surface area contributed by atoms with Crippen LogP contribution in [0.4, 0.5) is 4.39 Å². The van der Waals surface area contributed by atoms with Crippen molar-refractivity contribution in [2.45, 2.75) is 44.9 Å². The van der Waals surface area contributed by atoms with E-state index in [1.54, 1.807) is 5.38 Å². The third kappa shape index (κ3) is 6.47. The summed E-state index contributed by atoms with van der Waals surface area (Å²) in [5, 5.41) is 16.5. The molecule has 3 aromatic rings. The summed E-state index contributed by atoms with van der Waals surface area (Å²) in [6, 6.07) is 4.23. The molecule has 9 nitrogen and oxygen atoms in total. The van der Waals surface area contributed by atoms with Gasteiger partial charge >= 0.3 is 0 Å². The second kappa shape index (κ2) is 11.9. The van der Waals surface area contributed by atoms with Gasteiger partial charge in [-0.1, -0.05) is 17.7 Å². The van der Waals surface area contributed by atoms with Gasteiger partial charge < -0.3 is 25.5 Å². The number of carbonyl (C=O) groups is 2. The van der Waals surface area contributed by atoms with Crippen LogP contribution in [0.5, 0.6) is 0 Å². The summed E-state index contributed by atoms with van der Waals surface area (Å²) < 4.78 is 19.2. The number of thiophene rings is 1. The maximum atomic E-state index is 13.3. The minimum atomic E-state index is -0.563. The first-order chi connectivity index (χ1) is 17.3. The number of hydrogen-bond acceptors (Lipinski definition) is 7. The van der Waals surface area contributed by atoms with Gasteiger partial charge in [-0.05, 0) is 54.7 Å². The van der Waals surface area contributed by atoms with Gasteiger partial charge in [-0.2, -0.15) is 0 Å². The molecule has 1 saturated carbocycles. The zero-order chi connectivity index (χ0) is 25.7. The summed E-state index contributed by atoms with van der Waals surface area (Å²) in [5.41, 5.74) is 0.896. The van der Waals surface area contributed by atoms with Crippen molar-refractivity contribution in [2.75, 3.05) is 13.2 Å². The highest BCUT2D eigenvalue weighted by Crippen LogP contribution is 2.26. The average molecular weight is 537 g/mol. The van der Waals surface area contributed by atoms with Gasteiger partial charge in [0.05, 0.1) is 17.0 Å². The maximum Gasteiger partial charge on any atom is 0.287 e. The minimum absolute atomic E-state index is 0.0396. The van der Waals surface area contributed by atoms with Crippen molar-refractivity contribution >= 4 is 45.0 Å². The molecule has 1 aliphatic carbocycles. The van der Waals surface area contributed by atoms with E-state index >= 15 is 0 Å². The number of hydrogen-bond donors (Lipinski definition) is 4. The molecule has 0 radical (unpaired) electrons. The number of benzene rings is 1. The van der Waals surface area contributed by atoms with Crippen LogP contribution in [0.2, 0.25) is 5.02 Å². The number of rotatable bonds is 9. The number of aromatic nitrogens is 2. The lowest BCUT2D eigenvalue weighted by molar-refractivity contribution is -0.124. The Labute approximate surface area is 215 Å². The number of H-pyrrole nitrogens is 1. The number of halogens is 2. The predicted molar refractivity (Wildman–Crippen MR) is 133 cm³/mol. The van der Waals surface area contributed by atoms with Gasteiger partial charge in [-0.15, -0.1) is 11.3 Å². The number of aromatic amines is 1. The fourth-order valence-corrected chi connectivity index (χ4v) is 5.35. The third-order valence-corrected chi connectivity index (χ3v) is 7.35. The van der Waals surface area contributed by atoms with Crippen molar-refractivity contribution < 1.29 is 23.8 Å². The average Bonchev–Trinajstić information content (AvgIpc) is 3.29. The Morgan fingerprint density at radius 3 is 2.78 bits per heavy atom. The number of carbonyl (C=O) groups excluding carboxylic acids is 2. The Kier molecular flexibility index (Phi) is 8.68. The first kappa shape index (κ1) is 26.2. The van der Waals surface area contributed by atoms with E-state index in [0.29, 0.717) is 33.9 Å². The van der Waals surface area contributed by atoms with Crippen LogP contribution in [0, 0.1) is 11.7 Å². The molecule has 36 heavy (non-hydrogen) atoms. The van der Waals surface area contributed by atoms with E-state index in [1.165, 1.54) is 29.5 Å². The molecule has 0 aliphatic heterocycles. The summed E-state index contributed by atoms with van der Waals surface area (Å²) in [5.74, 6) is -1.21. The van der Waals surface area contributed by atoms with E-state index in [9.17, 15) is 18.8 Å². The van der Waals surface area contributed by atoms with Crippen molar-refractivity contribution in [2.24, 2.45) is 5.92 Å². The van der Waals surface area contributed by atoms with Gasteiger partial charge in [0.25, 0.3) is 11.5 Å². The standard InChI is InChI=1S/C24H26ClFN4O5S/c25-17-7-14(3-6-18(17)26)8-27-23(34)21-29-22(33)20-15(12-36-24(20)30-21)11-35-10-13-1-4-16(5-2-13)28-19(32)9-31/h3,6-7,12-13,16,31H,1-2,4-5,8-11H2,(H,27,34)(H,28,32)(H,29,30,33). The molecular formula is C24H26ClFN4O5S. The molecule has 1 fully saturated rings. The topological polar surface area (TPSA) is 133 Å². The molecule has 2 amide bonds. The minimum Gasteiger partial charge on any atom is -0.387 e. The fourth-order valence-electron chi connectivity index (χ4n) is 4.22. The Hall–Kier alpha value is -2.86. The predicted octanol–water partition coefficient (Wildman–Crippen LogP) is 2.89. The summed E-state index contributed by atoms with van der Waals surface area (Å²) >= 11 is 7.03. The molecule has 0 atom stereocenters. The number of aliphatic hydroxyl groups excluding tert-OH is 1. The fraction of sp³-hybridized carbons (Fsp3) is 0.417. The molecular weight excluding hydrogens is 511 g/mol. The van der Waals surface area contributed by atoms with Gasteiger partial charge in [-0.3, -0.25) is 14.4 Å². The first-order valence-electron chi connectivity index (χ1n) is 11.5. The van der Waals surface area contributed by atoms with Crippen LogP contribution in [-0.4, -0.2) is 46.1 Å². The van der Waals surface area contributed by atoms with Crippen LogP contribution in [0.3, 0.4) is 0 Å². The second-order valence-corrected chi connectivity index (χ2v) is 10.0. The number of aliphatic hydroxyl groups is 1. The van der Waals surface area contributed by atoms with Crippen LogP contribution in [-0.2, 0) is 22.7 Å². The number of ether oxygens (including phenoxy) is 1. The SMILES string of the molecule is O=C(CO)NC1CCC(COCc2csc3nc(C(=O)NCc4ccc(F)c(Cl)c4)[nH]c(=O)c23)CC1. The maximum absolute atomic E-state index is 13.3. The molecule has 4 N–H and O–H groups in total. The van der Waals surface area contributed by atoms with Crippen molar-refractivity contribution in [3.8, 4) is 0 Å². The molecule has 0 unspecified atom stereocenters. The molecule has 1 aromatic carbocycles. The first-order valence-corrected chi connectivity index (χ1v) is 12.8. The Bertz CT molecular complexity index is 1310. The van der Waals surface area contributed by atoms with E-state index < -0.39 is 23.9 Å². The zero-order valence-electron chi connectivity index (χ0n) is 19.3. The van der Waals surface area contributed by atoms with Crippen molar-refractivity contribution in [3.63, 3.8) is 0 Å². The number of nitrogens with zero attached hydrogens (tertiary/aromatic N) is 1. The second-order valence-electron chi connectivity index (χ2n) is 8.75. The Balaban J connectivity index is 1.31. The molecule has 12 heteroatoms. The van der Waals surface area contributed by atoms with Crippen LogP contribution in [0.15, 0.2) is 28.4 Å². The molecule has 0 spiro atoms. The molecule has 0 saturated heterocycles. The lowest BCUT2D eigenvalue weighted by atomic mass is 9.86. The summed E-state index contributed by atoms with van der Waals surface area (Å²) in [7, 11) is 0. The van der Waals surface area contributed by atoms with E-state index in [-0.39, 0.29) is 35.9 Å². The molecule has 4 rings (SSSR count). The largest absolute Gasteiger partial charge is 0.387 e. The van der Waals surface area contributed by atoms with Gasteiger partial charge in [0.1, 0.15) is 17.3 Å². The van der Waals surface area contributed by atoms with E-state index in [0.717, 1.165) is 25.7 Å². The van der Waals surface area contributed by atoms with Gasteiger partial charge in [-0.25, -0.2) is 9.37 Å². The van der Waals surface area contributed by atoms with Crippen LogP contribution < -0.4 is 16.2 Å². The zero-order valence-corrected chi connectivity index (χ0v) is 20.9. The molecule has 2 heterocycles. The number of fused-ring (bicyclic) bond motifs is 1. The van der Waals surface area contributed by atoms with Crippen molar-refractivity contribution in [3.05, 3.63) is 61.7 Å². The quantitative estimate of drug-likeness (QED) is 0.332. The Morgan fingerprint density at radius 1 is 1.28 bits per heavy atom. The lowest BCUT2D eigenvalue weighted by Gasteiger charge is -2.28. The summed E-state index contributed by atoms with van der Waals surface area (Å²) in [6.45, 7) is 0.392. The van der Waals surface area contributed by atoms with E-state index in [2.05, 4.69) is 20.6 Å². The van der Waals surface area contributed by atoms with Crippen molar-refractivity contribution in [1.82, 2.24) is 20.6 Å². The van der Waals surface area contributed by atoms with E-state index in [4.69, 9.17) is 21.4 Å². The molecule has 1 aliphatic rings. The number of amides is 2. The van der Waals surface area contributed by atoms with Crippen LogP contribution in [0.25, 0.3) is 10.2 Å². The normalized spacial score (nSPS) is 17.8. The highest BCUT2D eigenvalue weighted by Gasteiger charge is 2.23. The molecule has 0 bridgehead atoms. The van der Waals surface area contributed by atoms with Gasteiger partial charge in [0, 0.05) is 24.8 Å². The highest BCUT2D eigenvalue weighted by molar-refractivity contribution is 7.16. The third-order valence-electron chi connectivity index (χ3n) is 6.14. The highest BCUT2D eigenvalue weighted by atomic mass is 35.5. The molecule has 2 aromatic heterocycles.